The summed E-state index contributed by atoms with van der Waals surface area (Å²) in [6, 6.07) is 131. The summed E-state index contributed by atoms with van der Waals surface area (Å²) in [4.78, 5) is 32.3. The van der Waals surface area contributed by atoms with Crippen molar-refractivity contribution < 1.29 is 13.6 Å². The highest BCUT2D eigenvalue weighted by molar-refractivity contribution is 7.26. The third-order valence-corrected chi connectivity index (χ3v) is 29.4. The average molecular weight is 1690 g/mol. The number of nitrogens with zero attached hydrogens (tertiary/aromatic N) is 6. The molecular weight excluding hydrogens is 1620 g/mol. The molecule has 0 N–H and O–H groups in total. The van der Waals surface area contributed by atoms with E-state index in [0.29, 0.717) is 34.9 Å². The van der Waals surface area contributed by atoms with E-state index in [1.807, 2.05) is 23.5 Å². The highest BCUT2D eigenvalue weighted by Gasteiger charge is 2.35. The number of rotatable bonds is 12. The molecule has 1 aliphatic heterocycles. The maximum atomic E-state index is 7.03. The van der Waals surface area contributed by atoms with Crippen molar-refractivity contribution in [3.63, 3.8) is 0 Å². The zero-order valence-corrected chi connectivity index (χ0v) is 70.7. The summed E-state index contributed by atoms with van der Waals surface area (Å²) in [5.74, 6) is 4.64. The van der Waals surface area contributed by atoms with Crippen LogP contribution in [0.2, 0.25) is 0 Å². The van der Waals surface area contributed by atoms with E-state index in [0.717, 1.165) is 171 Å². The Morgan fingerprint density at radius 3 is 1.47 bits per heavy atom. The summed E-state index contributed by atoms with van der Waals surface area (Å²) in [7, 11) is 0. The Hall–Kier alpha value is -16.0. The summed E-state index contributed by atoms with van der Waals surface area (Å²) in [5.41, 5.74) is 22.8. The number of aromatic nitrogens is 6. The van der Waals surface area contributed by atoms with Gasteiger partial charge in [-0.2, -0.15) is 0 Å². The van der Waals surface area contributed by atoms with E-state index in [9.17, 15) is 0 Å². The quantitative estimate of drug-likeness (QED) is 0.118. The monoisotopic (exact) mass is 1690 g/mol. The molecule has 7 aromatic heterocycles. The Labute approximate surface area is 744 Å². The van der Waals surface area contributed by atoms with Crippen LogP contribution in [0.4, 0.5) is 0 Å². The van der Waals surface area contributed by atoms with Gasteiger partial charge < -0.3 is 13.6 Å². The van der Waals surface area contributed by atoms with Crippen molar-refractivity contribution in [2.75, 3.05) is 0 Å². The molecule has 0 saturated heterocycles. The number of hydrogen-bond donors (Lipinski definition) is 0. The molecule has 8 heterocycles. The summed E-state index contributed by atoms with van der Waals surface area (Å²) in [6.07, 6.45) is 8.54. The lowest BCUT2D eigenvalue weighted by molar-refractivity contribution is 0.270. The van der Waals surface area contributed by atoms with Crippen LogP contribution in [0.25, 0.3) is 261 Å². The smallest absolute Gasteiger partial charge is 0.164 e. The van der Waals surface area contributed by atoms with E-state index in [1.54, 1.807) is 22.7 Å². The van der Waals surface area contributed by atoms with Crippen LogP contribution in [0.1, 0.15) is 11.5 Å². The molecule has 0 radical (unpaired) electrons. The van der Waals surface area contributed by atoms with Crippen molar-refractivity contribution in [3.05, 3.63) is 394 Å². The second-order valence-electron chi connectivity index (χ2n) is 33.3. The molecule has 1 aliphatic carbocycles. The van der Waals surface area contributed by atoms with Gasteiger partial charge in [0.25, 0.3) is 0 Å². The normalized spacial score (nSPS) is 13.8. The van der Waals surface area contributed by atoms with Gasteiger partial charge in [0.1, 0.15) is 34.2 Å². The Kier molecular flexibility index (Phi) is 16.3. The van der Waals surface area contributed by atoms with Crippen LogP contribution in [-0.2, 0) is 0 Å². The fourth-order valence-corrected chi connectivity index (χ4v) is 23.2. The Bertz CT molecular complexity index is 9090. The molecule has 0 saturated carbocycles. The number of benzene rings is 18. The topological polar surface area (TPSA) is 113 Å². The van der Waals surface area contributed by atoms with Gasteiger partial charge in [-0.3, -0.25) is 0 Å². The number of fused-ring (bicyclic) bond motifs is 20. The van der Waals surface area contributed by atoms with E-state index in [4.69, 9.17) is 43.5 Å². The van der Waals surface area contributed by atoms with Gasteiger partial charge >= 0.3 is 0 Å². The molecule has 2 unspecified atom stereocenters. The van der Waals surface area contributed by atoms with E-state index >= 15 is 0 Å². The Morgan fingerprint density at radius 1 is 0.219 bits per heavy atom. The number of furan rings is 2. The summed E-state index contributed by atoms with van der Waals surface area (Å²) in [6.45, 7) is 0. The summed E-state index contributed by atoms with van der Waals surface area (Å²) >= 11 is 5.42. The predicted molar refractivity (Wildman–Crippen MR) is 532 cm³/mol. The first-order chi connectivity index (χ1) is 63.3. The summed E-state index contributed by atoms with van der Waals surface area (Å²) in [5, 5.41) is 15.8. The van der Waals surface area contributed by atoms with Crippen LogP contribution in [0.15, 0.2) is 397 Å². The number of thiophene rings is 3. The van der Waals surface area contributed by atoms with E-state index in [2.05, 4.69) is 376 Å². The van der Waals surface area contributed by atoms with Crippen molar-refractivity contribution in [2.45, 2.75) is 12.0 Å². The van der Waals surface area contributed by atoms with E-state index < -0.39 is 0 Å². The van der Waals surface area contributed by atoms with Gasteiger partial charge in [0.15, 0.2) is 34.9 Å². The lowest BCUT2D eigenvalue weighted by atomic mass is 9.88. The third kappa shape index (κ3) is 11.8. The maximum Gasteiger partial charge on any atom is 0.164 e. The molecule has 0 bridgehead atoms. The van der Waals surface area contributed by atoms with Gasteiger partial charge in [-0.1, -0.05) is 285 Å². The SMILES string of the molecule is C1=CC2Oc3c(-c4ccc(-c5cc(-c6nc(-c7ccc(-c8ccc(-c9cccc%10sc%11cc(-c%12cc(-c%13ccc(-c%14nc(-c%15ccc%16ccccc%16c%15)nc(-c%15ccc%16sc%17ccccc%17c%16c%15)n%14)cc%13)c%13c(c%12)oc%12ccccc%12%13)ccc%11c9%10)cc8)cc7)nc(-c7cccc8sc9ccccc9c78)n6)cc6ccccc56)c5c4oc4ccccc45)cccc3C2C=C1. The minimum Gasteiger partial charge on any atom is -0.484 e. The zero-order valence-electron chi connectivity index (χ0n) is 68.2. The molecule has 0 spiro atoms. The van der Waals surface area contributed by atoms with Crippen LogP contribution < -0.4 is 4.74 Å². The molecule has 25 aromatic rings. The van der Waals surface area contributed by atoms with Gasteiger partial charge in [0.05, 0.1) is 0 Å². The molecular formula is C116H66N6O3S3. The maximum absolute atomic E-state index is 7.03. The first-order valence-corrected chi connectivity index (χ1v) is 45.5. The number of ether oxygens (including phenoxy) is 1. The van der Waals surface area contributed by atoms with Crippen molar-refractivity contribution in [3.8, 4) is 141 Å². The van der Waals surface area contributed by atoms with Crippen LogP contribution in [-0.4, -0.2) is 36.0 Å². The highest BCUT2D eigenvalue weighted by atomic mass is 32.1. The lowest BCUT2D eigenvalue weighted by Gasteiger charge is -2.15. The molecule has 2 aliphatic rings. The predicted octanol–water partition coefficient (Wildman–Crippen LogP) is 32.2. The van der Waals surface area contributed by atoms with Crippen molar-refractivity contribution in [1.29, 1.82) is 0 Å². The first kappa shape index (κ1) is 72.5. The minimum atomic E-state index is -0.0562. The largest absolute Gasteiger partial charge is 0.484 e. The number of para-hydroxylation sites is 3. The van der Waals surface area contributed by atoms with Crippen molar-refractivity contribution in [2.24, 2.45) is 0 Å². The second-order valence-corrected chi connectivity index (χ2v) is 36.5. The fraction of sp³-hybridized carbons (Fsp3) is 0.0172. The standard InChI is InChI=1S/C116H66N6O3S3/c1-2-19-72-58-75(51-42-65(72)18-1)113-117-111(118-114(120-113)76-53-57-101-94(60-76)82-23-8-13-34-99(82)126-101)71-49-45-69(46-50-71)92-61-77(63-98-105(92)87-24-6-11-32-96(87)123-98)73-52-54-90-104(64-73)128-102-36-16-27-80(106(90)102)68-43-38-66(39-44-68)67-40-47-70(48-41-67)112-119-115(122-116(121-112)91-30-17-37-103-107(91)89-26-9-14-35-100(89)127-103)78-59-74-20-3-4-21-79(74)93(62-78)83-55-56-86(110-108(83)88-25-7-12-33-97(88)125-110)85-29-15-28-84-81-22-5-10-31-95(81)124-109(84)85/h1-64,81,95H. The Morgan fingerprint density at radius 2 is 0.711 bits per heavy atom. The average Bonchev–Trinajstić information content (AvgIpc) is 1.56. The number of allylic oxidation sites excluding steroid dienone is 2. The second kappa shape index (κ2) is 28.8. The van der Waals surface area contributed by atoms with Crippen LogP contribution >= 0.6 is 34.0 Å². The van der Waals surface area contributed by atoms with Crippen LogP contribution in [0, 0.1) is 0 Å². The summed E-state index contributed by atoms with van der Waals surface area (Å²) < 4.78 is 27.9. The molecule has 0 amide bonds. The van der Waals surface area contributed by atoms with Gasteiger partial charge in [-0.05, 0) is 180 Å². The van der Waals surface area contributed by atoms with E-state index in [1.165, 1.54) is 66.3 Å². The lowest BCUT2D eigenvalue weighted by Crippen LogP contribution is -2.15. The first-order valence-electron chi connectivity index (χ1n) is 43.0. The molecule has 596 valence electrons. The van der Waals surface area contributed by atoms with Gasteiger partial charge in [-0.25, -0.2) is 29.9 Å². The van der Waals surface area contributed by atoms with Gasteiger partial charge in [0, 0.05) is 138 Å². The molecule has 9 nitrogen and oxygen atoms in total. The van der Waals surface area contributed by atoms with Gasteiger partial charge in [-0.15, -0.1) is 34.0 Å². The molecule has 128 heavy (non-hydrogen) atoms. The highest BCUT2D eigenvalue weighted by Crippen LogP contribution is 2.53. The van der Waals surface area contributed by atoms with E-state index in [-0.39, 0.29) is 12.0 Å². The van der Waals surface area contributed by atoms with Crippen LogP contribution in [0.5, 0.6) is 5.75 Å². The fourth-order valence-electron chi connectivity index (χ4n) is 19.8. The minimum absolute atomic E-state index is 0.0562. The molecule has 12 heteroatoms. The molecule has 18 aromatic carbocycles. The third-order valence-electron chi connectivity index (χ3n) is 26.0. The zero-order chi connectivity index (χ0) is 83.8. The van der Waals surface area contributed by atoms with Gasteiger partial charge in [0.2, 0.25) is 0 Å². The molecule has 2 atom stereocenters. The number of hydrogen-bond acceptors (Lipinski definition) is 12. The molecule has 0 fully saturated rings. The molecule has 27 rings (SSSR count). The van der Waals surface area contributed by atoms with Crippen molar-refractivity contribution in [1.82, 2.24) is 29.9 Å². The van der Waals surface area contributed by atoms with Crippen LogP contribution in [0.3, 0.4) is 0 Å². The van der Waals surface area contributed by atoms with Crippen molar-refractivity contribution >= 4 is 160 Å². The Balaban J connectivity index is 0.519.